The average molecular weight is 278 g/mol. The predicted octanol–water partition coefficient (Wildman–Crippen LogP) is 3.58. The van der Waals surface area contributed by atoms with Crippen molar-refractivity contribution in [3.8, 4) is 0 Å². The zero-order chi connectivity index (χ0) is 13.4. The maximum atomic E-state index is 6.22. The summed E-state index contributed by atoms with van der Waals surface area (Å²) in [5, 5.41) is 0.776. The van der Waals surface area contributed by atoms with Crippen LogP contribution in [-0.2, 0) is 0 Å². The first-order valence-corrected chi connectivity index (χ1v) is 7.40. The Hall–Kier alpha value is -1.06. The molecule has 1 aliphatic heterocycles. The highest BCUT2D eigenvalue weighted by molar-refractivity contribution is 6.33. The van der Waals surface area contributed by atoms with E-state index in [1.807, 2.05) is 18.3 Å². The lowest BCUT2D eigenvalue weighted by molar-refractivity contribution is 0.164. The van der Waals surface area contributed by atoms with Crippen LogP contribution in [0.5, 0.6) is 0 Å². The van der Waals surface area contributed by atoms with Crippen LogP contribution >= 0.6 is 11.6 Å². The molecule has 0 radical (unpaired) electrons. The van der Waals surface area contributed by atoms with Crippen molar-refractivity contribution in [3.05, 3.63) is 35.4 Å². The van der Waals surface area contributed by atoms with Crippen LogP contribution in [0.15, 0.2) is 24.5 Å². The first-order chi connectivity index (χ1) is 9.16. The van der Waals surface area contributed by atoms with Crippen molar-refractivity contribution in [3.63, 3.8) is 0 Å². The van der Waals surface area contributed by atoms with E-state index in [1.165, 1.54) is 19.4 Å². The van der Waals surface area contributed by atoms with Gasteiger partial charge >= 0.3 is 0 Å². The van der Waals surface area contributed by atoms with Crippen molar-refractivity contribution in [2.75, 3.05) is 13.1 Å². The van der Waals surface area contributed by atoms with Crippen molar-refractivity contribution >= 4 is 17.1 Å². The number of hydrogen-bond donors (Lipinski definition) is 0. The van der Waals surface area contributed by atoms with Crippen LogP contribution in [0.1, 0.15) is 38.4 Å². The van der Waals surface area contributed by atoms with Gasteiger partial charge in [-0.2, -0.15) is 0 Å². The van der Waals surface area contributed by atoms with E-state index in [-0.39, 0.29) is 0 Å². The van der Waals surface area contributed by atoms with E-state index >= 15 is 0 Å². The molecular weight excluding hydrogens is 258 g/mol. The summed E-state index contributed by atoms with van der Waals surface area (Å²) in [6.07, 6.45) is 6.43. The van der Waals surface area contributed by atoms with Gasteiger partial charge in [0.2, 0.25) is 0 Å². The van der Waals surface area contributed by atoms with Gasteiger partial charge in [-0.3, -0.25) is 0 Å². The molecule has 0 saturated carbocycles. The molecule has 4 heteroatoms. The molecule has 19 heavy (non-hydrogen) atoms. The number of rotatable bonds is 2. The van der Waals surface area contributed by atoms with Gasteiger partial charge in [0.15, 0.2) is 0 Å². The quantitative estimate of drug-likeness (QED) is 0.836. The molecule has 1 atom stereocenters. The van der Waals surface area contributed by atoms with Gasteiger partial charge in [0.1, 0.15) is 5.82 Å². The van der Waals surface area contributed by atoms with E-state index in [0.717, 1.165) is 22.9 Å². The second kappa shape index (κ2) is 5.14. The summed E-state index contributed by atoms with van der Waals surface area (Å²) in [4.78, 5) is 7.17. The number of imidazole rings is 1. The van der Waals surface area contributed by atoms with Crippen molar-refractivity contribution in [2.45, 2.75) is 38.6 Å². The molecule has 0 spiro atoms. The van der Waals surface area contributed by atoms with Crippen LogP contribution in [0, 0.1) is 0 Å². The van der Waals surface area contributed by atoms with Gasteiger partial charge in [-0.25, -0.2) is 4.98 Å². The maximum Gasteiger partial charge on any atom is 0.117 e. The van der Waals surface area contributed by atoms with Crippen LogP contribution in [0.2, 0.25) is 5.02 Å². The number of hydrogen-bond acceptors (Lipinski definition) is 2. The molecule has 1 aliphatic rings. The SMILES string of the molecule is CC(C)N1CCCC(c2ncc3c(Cl)cccn23)C1. The number of nitrogens with zero attached hydrogens (tertiary/aromatic N) is 3. The number of halogens is 1. The van der Waals surface area contributed by atoms with Crippen LogP contribution in [0.3, 0.4) is 0 Å². The van der Waals surface area contributed by atoms with Gasteiger partial charge in [0.25, 0.3) is 0 Å². The Morgan fingerprint density at radius 2 is 2.26 bits per heavy atom. The third-order valence-electron chi connectivity index (χ3n) is 4.10. The molecule has 0 bridgehead atoms. The van der Waals surface area contributed by atoms with Crippen LogP contribution < -0.4 is 0 Å². The lowest BCUT2D eigenvalue weighted by Gasteiger charge is -2.34. The zero-order valence-corrected chi connectivity index (χ0v) is 12.3. The molecule has 2 aromatic heterocycles. The maximum absolute atomic E-state index is 6.22. The summed E-state index contributed by atoms with van der Waals surface area (Å²) < 4.78 is 2.15. The predicted molar refractivity (Wildman–Crippen MR) is 78.9 cm³/mol. The third-order valence-corrected chi connectivity index (χ3v) is 4.42. The summed E-state index contributed by atoms with van der Waals surface area (Å²) >= 11 is 6.22. The van der Waals surface area contributed by atoms with Gasteiger partial charge in [-0.05, 0) is 45.4 Å². The summed E-state index contributed by atoms with van der Waals surface area (Å²) in [6.45, 7) is 6.84. The summed E-state index contributed by atoms with van der Waals surface area (Å²) in [6, 6.07) is 4.52. The molecule has 0 N–H and O–H groups in total. The lowest BCUT2D eigenvalue weighted by atomic mass is 9.96. The highest BCUT2D eigenvalue weighted by Crippen LogP contribution is 2.29. The minimum atomic E-state index is 0.511. The summed E-state index contributed by atoms with van der Waals surface area (Å²) in [5.74, 6) is 1.67. The summed E-state index contributed by atoms with van der Waals surface area (Å²) in [7, 11) is 0. The highest BCUT2D eigenvalue weighted by atomic mass is 35.5. The van der Waals surface area contributed by atoms with Gasteiger partial charge < -0.3 is 9.30 Å². The van der Waals surface area contributed by atoms with Crippen molar-refractivity contribution in [1.29, 1.82) is 0 Å². The highest BCUT2D eigenvalue weighted by Gasteiger charge is 2.25. The Kier molecular flexibility index (Phi) is 3.50. The fourth-order valence-corrected chi connectivity index (χ4v) is 3.21. The molecule has 3 nitrogen and oxygen atoms in total. The van der Waals surface area contributed by atoms with Crippen LogP contribution in [0.4, 0.5) is 0 Å². The lowest BCUT2D eigenvalue weighted by Crippen LogP contribution is -2.39. The van der Waals surface area contributed by atoms with E-state index in [1.54, 1.807) is 0 Å². The number of likely N-dealkylation sites (tertiary alicyclic amines) is 1. The second-order valence-corrected chi connectivity index (χ2v) is 6.06. The van der Waals surface area contributed by atoms with E-state index in [4.69, 9.17) is 11.6 Å². The molecule has 0 aliphatic carbocycles. The monoisotopic (exact) mass is 277 g/mol. The van der Waals surface area contributed by atoms with Gasteiger partial charge in [-0.15, -0.1) is 0 Å². The smallest absolute Gasteiger partial charge is 0.117 e. The number of piperidine rings is 1. The van der Waals surface area contributed by atoms with Gasteiger partial charge in [0, 0.05) is 24.7 Å². The van der Waals surface area contributed by atoms with Crippen molar-refractivity contribution < 1.29 is 0 Å². The third kappa shape index (κ3) is 2.37. The largest absolute Gasteiger partial charge is 0.302 e. The minimum Gasteiger partial charge on any atom is -0.302 e. The van der Waals surface area contributed by atoms with Crippen LogP contribution in [0.25, 0.3) is 5.52 Å². The zero-order valence-electron chi connectivity index (χ0n) is 11.5. The van der Waals surface area contributed by atoms with E-state index in [9.17, 15) is 0 Å². The van der Waals surface area contributed by atoms with Crippen LogP contribution in [-0.4, -0.2) is 33.4 Å². The van der Waals surface area contributed by atoms with E-state index < -0.39 is 0 Å². The Balaban J connectivity index is 1.94. The molecule has 0 amide bonds. The first kappa shape index (κ1) is 12.9. The topological polar surface area (TPSA) is 20.5 Å². The molecule has 1 fully saturated rings. The number of fused-ring (bicyclic) bond motifs is 1. The fraction of sp³-hybridized carbons (Fsp3) is 0.533. The Bertz CT molecular complexity index is 576. The van der Waals surface area contributed by atoms with Gasteiger partial charge in [0.05, 0.1) is 16.7 Å². The Morgan fingerprint density at radius 3 is 3.05 bits per heavy atom. The fourth-order valence-electron chi connectivity index (χ4n) is 3.00. The molecule has 1 saturated heterocycles. The average Bonchev–Trinajstić information content (AvgIpc) is 2.84. The molecular formula is C15H20ClN3. The number of aromatic nitrogens is 2. The van der Waals surface area contributed by atoms with Crippen molar-refractivity contribution in [1.82, 2.24) is 14.3 Å². The molecule has 1 unspecified atom stereocenters. The molecule has 0 aromatic carbocycles. The molecule has 2 aromatic rings. The van der Waals surface area contributed by atoms with Crippen molar-refractivity contribution in [2.24, 2.45) is 0 Å². The second-order valence-electron chi connectivity index (χ2n) is 5.66. The molecule has 3 rings (SSSR count). The van der Waals surface area contributed by atoms with E-state index in [2.05, 4.69) is 34.3 Å². The summed E-state index contributed by atoms with van der Waals surface area (Å²) in [5.41, 5.74) is 1.01. The molecule has 3 heterocycles. The Morgan fingerprint density at radius 1 is 1.42 bits per heavy atom. The van der Waals surface area contributed by atoms with E-state index in [0.29, 0.717) is 12.0 Å². The first-order valence-electron chi connectivity index (χ1n) is 7.02. The number of pyridine rings is 1. The normalized spacial score (nSPS) is 21.4. The molecule has 102 valence electrons. The standard InChI is InChI=1S/C15H20ClN3/c1-11(2)18-7-3-5-12(10-18)15-17-9-14-13(16)6-4-8-19(14)15/h4,6,8-9,11-12H,3,5,7,10H2,1-2H3. The minimum absolute atomic E-state index is 0.511. The Labute approximate surface area is 119 Å². The van der Waals surface area contributed by atoms with Gasteiger partial charge in [-0.1, -0.05) is 11.6 Å².